The molecule has 0 bridgehead atoms. The monoisotopic (exact) mass is 355 g/mol. The van der Waals surface area contributed by atoms with E-state index < -0.39 is 35.6 Å². The molecule has 1 rings (SSSR count). The van der Waals surface area contributed by atoms with Crippen molar-refractivity contribution in [2.45, 2.75) is 6.92 Å². The van der Waals surface area contributed by atoms with Crippen LogP contribution >= 0.6 is 0 Å². The molecule has 0 aliphatic rings. The Hall–Kier alpha value is -2.81. The Kier molecular flexibility index (Phi) is 7.67. The number of rotatable bonds is 8. The number of Topliss-reactive ketones (excluding diaryl/α,β-unsaturated/α-hetero) is 1. The molecule has 0 unspecified atom stereocenters. The van der Waals surface area contributed by atoms with Crippen LogP contribution in [0.3, 0.4) is 0 Å². The second kappa shape index (κ2) is 9.48. The Morgan fingerprint density at radius 1 is 1.20 bits per heavy atom. The number of hydrogen-bond donors (Lipinski definition) is 2. The minimum absolute atomic E-state index is 0.0215. The molecule has 0 heterocycles. The highest BCUT2D eigenvalue weighted by Gasteiger charge is 2.22. The van der Waals surface area contributed by atoms with Gasteiger partial charge in [-0.05, 0) is 19.1 Å². The highest BCUT2D eigenvalue weighted by atomic mass is 19.1. The van der Waals surface area contributed by atoms with E-state index in [1.807, 2.05) is 0 Å². The lowest BCUT2D eigenvalue weighted by atomic mass is 10.1. The number of ketones is 1. The molecule has 0 aliphatic carbocycles. The van der Waals surface area contributed by atoms with Gasteiger partial charge in [0.15, 0.2) is 6.61 Å². The van der Waals surface area contributed by atoms with Gasteiger partial charge in [0, 0.05) is 12.8 Å². The van der Waals surface area contributed by atoms with Crippen molar-refractivity contribution in [3.8, 4) is 0 Å². The van der Waals surface area contributed by atoms with Crippen LogP contribution in [0.25, 0.3) is 0 Å². The first-order chi connectivity index (χ1) is 11.8. The summed E-state index contributed by atoms with van der Waals surface area (Å²) in [6, 6.07) is 2.96. The molecule has 0 aliphatic heterocycles. The summed E-state index contributed by atoms with van der Waals surface area (Å²) < 4.78 is 36.6. The topological polar surface area (TPSA) is 117 Å². The van der Waals surface area contributed by atoms with Gasteiger partial charge < -0.3 is 20.9 Å². The fraction of sp³-hybridized carbons (Fsp3) is 0.312. The van der Waals surface area contributed by atoms with E-state index in [1.165, 1.54) is 14.0 Å². The fourth-order valence-electron chi connectivity index (χ4n) is 1.84. The molecule has 0 spiro atoms. The predicted octanol–water partition coefficient (Wildman–Crippen LogP) is 0.927. The lowest BCUT2D eigenvalue weighted by Crippen LogP contribution is -2.28. The molecule has 7 nitrogen and oxygen atoms in total. The maximum atomic E-state index is 13.5. The number of nitrogens with zero attached hydrogens (tertiary/aromatic N) is 1. The maximum absolute atomic E-state index is 13.5. The quantitative estimate of drug-likeness (QED) is 0.179. The zero-order valence-corrected chi connectivity index (χ0v) is 13.8. The fourth-order valence-corrected chi connectivity index (χ4v) is 1.84. The molecule has 0 saturated heterocycles. The van der Waals surface area contributed by atoms with E-state index in [0.717, 1.165) is 18.2 Å². The van der Waals surface area contributed by atoms with Gasteiger partial charge >= 0.3 is 5.97 Å². The van der Waals surface area contributed by atoms with Gasteiger partial charge in [0.1, 0.15) is 23.0 Å². The number of hydrogen-bond acceptors (Lipinski definition) is 6. The summed E-state index contributed by atoms with van der Waals surface area (Å²) >= 11 is 0. The summed E-state index contributed by atoms with van der Waals surface area (Å²) in [5.41, 5.74) is 10.3. The highest BCUT2D eigenvalue weighted by Crippen LogP contribution is 2.13. The van der Waals surface area contributed by atoms with Gasteiger partial charge in [-0.2, -0.15) is 0 Å². The van der Waals surface area contributed by atoms with E-state index in [2.05, 4.69) is 4.99 Å². The van der Waals surface area contributed by atoms with Crippen molar-refractivity contribution in [3.05, 3.63) is 46.7 Å². The van der Waals surface area contributed by atoms with Crippen LogP contribution in [0, 0.1) is 11.6 Å². The van der Waals surface area contributed by atoms with Crippen molar-refractivity contribution in [2.75, 3.05) is 26.9 Å². The number of methoxy groups -OCH3 is 1. The van der Waals surface area contributed by atoms with Crippen LogP contribution in [0.2, 0.25) is 0 Å². The molecule has 9 heteroatoms. The highest BCUT2D eigenvalue weighted by molar-refractivity contribution is 6.19. The number of carbonyl (C=O) groups is 2. The molecular formula is C16H19F2N3O4. The second-order valence-corrected chi connectivity index (χ2v) is 4.91. The molecule has 0 aromatic heterocycles. The molecular weight excluding hydrogens is 336 g/mol. The number of benzene rings is 1. The summed E-state index contributed by atoms with van der Waals surface area (Å²) in [6.07, 6.45) is 0. The lowest BCUT2D eigenvalue weighted by Gasteiger charge is -2.10. The van der Waals surface area contributed by atoms with Crippen LogP contribution in [0.5, 0.6) is 0 Å². The molecule has 136 valence electrons. The van der Waals surface area contributed by atoms with E-state index in [-0.39, 0.29) is 30.3 Å². The van der Waals surface area contributed by atoms with Gasteiger partial charge in [-0.25, -0.2) is 13.6 Å². The lowest BCUT2D eigenvalue weighted by molar-refractivity contribution is -0.137. The largest absolute Gasteiger partial charge is 0.454 e. The van der Waals surface area contributed by atoms with Gasteiger partial charge in [0.25, 0.3) is 0 Å². The number of esters is 1. The van der Waals surface area contributed by atoms with Crippen molar-refractivity contribution in [1.82, 2.24) is 0 Å². The summed E-state index contributed by atoms with van der Waals surface area (Å²) in [7, 11) is 1.47. The smallest absolute Gasteiger partial charge is 0.344 e. The Labute approximate surface area is 143 Å². The summed E-state index contributed by atoms with van der Waals surface area (Å²) in [6.45, 7) is 0.982. The normalized spacial score (nSPS) is 12.6. The molecule has 0 saturated carbocycles. The zero-order chi connectivity index (χ0) is 19.0. The number of carbonyl (C=O) groups excluding carboxylic acids is 2. The van der Waals surface area contributed by atoms with Gasteiger partial charge in [0.05, 0.1) is 18.7 Å². The third-order valence-electron chi connectivity index (χ3n) is 3.01. The number of ether oxygens (including phenoxy) is 2. The van der Waals surface area contributed by atoms with E-state index in [0.29, 0.717) is 0 Å². The molecule has 1 aromatic carbocycles. The van der Waals surface area contributed by atoms with Gasteiger partial charge in [-0.1, -0.05) is 6.07 Å². The number of nitrogens with two attached hydrogens (primary N) is 2. The van der Waals surface area contributed by atoms with E-state index in [1.54, 1.807) is 0 Å². The minimum atomic E-state index is -1.05. The Morgan fingerprint density at radius 2 is 1.80 bits per heavy atom. The number of amidine groups is 1. The molecule has 0 radical (unpaired) electrons. The zero-order valence-electron chi connectivity index (χ0n) is 13.8. The van der Waals surface area contributed by atoms with Crippen LogP contribution in [-0.4, -0.2) is 44.5 Å². The molecule has 1 aromatic rings. The Balaban J connectivity index is 2.84. The third kappa shape index (κ3) is 5.64. The van der Waals surface area contributed by atoms with Crippen molar-refractivity contribution in [2.24, 2.45) is 16.5 Å². The number of allylic oxidation sites excluding steroid dienone is 1. The molecule has 0 fully saturated rings. The van der Waals surface area contributed by atoms with Crippen molar-refractivity contribution < 1.29 is 27.8 Å². The van der Waals surface area contributed by atoms with Crippen LogP contribution in [0.4, 0.5) is 8.78 Å². The number of halogens is 2. The standard InChI is InChI=1S/C16H19F2N3O4/c1-9(19)13(15(20)21-6-7-24-2)16(23)25-8-12(22)14-10(17)4-3-5-11(14)18/h3-5H,6-8,19H2,1-2H3,(H2,20,21). The Bertz CT molecular complexity index is 693. The Morgan fingerprint density at radius 3 is 2.32 bits per heavy atom. The molecule has 25 heavy (non-hydrogen) atoms. The number of aliphatic imine (C=N–C) groups is 1. The van der Waals surface area contributed by atoms with Crippen LogP contribution in [0.15, 0.2) is 34.5 Å². The summed E-state index contributed by atoms with van der Waals surface area (Å²) in [5.74, 6) is -4.34. The van der Waals surface area contributed by atoms with Crippen LogP contribution < -0.4 is 11.5 Å². The van der Waals surface area contributed by atoms with E-state index in [4.69, 9.17) is 20.9 Å². The van der Waals surface area contributed by atoms with Gasteiger partial charge in [0.2, 0.25) is 5.78 Å². The van der Waals surface area contributed by atoms with Crippen molar-refractivity contribution >= 4 is 17.6 Å². The van der Waals surface area contributed by atoms with E-state index >= 15 is 0 Å². The third-order valence-corrected chi connectivity index (χ3v) is 3.01. The predicted molar refractivity (Wildman–Crippen MR) is 86.9 cm³/mol. The molecule has 4 N–H and O–H groups in total. The molecule has 0 atom stereocenters. The second-order valence-electron chi connectivity index (χ2n) is 4.91. The van der Waals surface area contributed by atoms with Crippen LogP contribution in [-0.2, 0) is 14.3 Å². The SMILES string of the molecule is COCCN=C(N)C(C(=O)OCC(=O)c1c(F)cccc1F)=C(C)N. The van der Waals surface area contributed by atoms with Gasteiger partial charge in [-0.3, -0.25) is 9.79 Å². The first kappa shape index (κ1) is 20.2. The van der Waals surface area contributed by atoms with E-state index in [9.17, 15) is 18.4 Å². The van der Waals surface area contributed by atoms with Gasteiger partial charge in [-0.15, -0.1) is 0 Å². The maximum Gasteiger partial charge on any atom is 0.344 e. The van der Waals surface area contributed by atoms with Crippen LogP contribution in [0.1, 0.15) is 17.3 Å². The first-order valence-corrected chi connectivity index (χ1v) is 7.19. The average Bonchev–Trinajstić information content (AvgIpc) is 2.52. The van der Waals surface area contributed by atoms with Crippen molar-refractivity contribution in [3.63, 3.8) is 0 Å². The summed E-state index contributed by atoms with van der Waals surface area (Å²) in [4.78, 5) is 27.8. The summed E-state index contributed by atoms with van der Waals surface area (Å²) in [5, 5.41) is 0. The first-order valence-electron chi connectivity index (χ1n) is 7.19. The minimum Gasteiger partial charge on any atom is -0.454 e. The average molecular weight is 355 g/mol. The molecule has 0 amide bonds. The van der Waals surface area contributed by atoms with Crippen molar-refractivity contribution in [1.29, 1.82) is 0 Å².